The molecule has 0 radical (unpaired) electrons. The summed E-state index contributed by atoms with van der Waals surface area (Å²) >= 11 is 3.12. The smallest absolute Gasteiger partial charge is 0.295 e. The normalized spacial score (nSPS) is 13.7. The van der Waals surface area contributed by atoms with Gasteiger partial charge in [-0.1, -0.05) is 11.3 Å². The number of fused-ring (bicyclic) bond motifs is 4. The monoisotopic (exact) mass is 356 g/mol. The van der Waals surface area contributed by atoms with Crippen molar-refractivity contribution in [2.24, 2.45) is 0 Å². The minimum Gasteiger partial charge on any atom is -0.307 e. The number of anilines is 1. The van der Waals surface area contributed by atoms with E-state index in [0.717, 1.165) is 50.7 Å². The van der Waals surface area contributed by atoms with Gasteiger partial charge in [0.05, 0.1) is 25.4 Å². The fourth-order valence-corrected chi connectivity index (χ4v) is 5.01. The van der Waals surface area contributed by atoms with E-state index in [1.165, 1.54) is 11.3 Å². The summed E-state index contributed by atoms with van der Waals surface area (Å²) in [6.07, 6.45) is 1.89. The van der Waals surface area contributed by atoms with Gasteiger partial charge in [0.25, 0.3) is 5.91 Å². The highest BCUT2D eigenvalue weighted by Gasteiger charge is 2.23. The predicted molar refractivity (Wildman–Crippen MR) is 93.8 cm³/mol. The van der Waals surface area contributed by atoms with Gasteiger partial charge < -0.3 is 4.57 Å². The van der Waals surface area contributed by atoms with Gasteiger partial charge >= 0.3 is 0 Å². The molecule has 1 N–H and O–H groups in total. The van der Waals surface area contributed by atoms with Crippen molar-refractivity contribution < 1.29 is 4.79 Å². The van der Waals surface area contributed by atoms with Gasteiger partial charge in [0, 0.05) is 13.0 Å². The maximum atomic E-state index is 12.5. The predicted octanol–water partition coefficient (Wildman–Crippen LogP) is 3.00. The van der Waals surface area contributed by atoms with E-state index in [2.05, 4.69) is 25.5 Å². The van der Waals surface area contributed by atoms with Crippen LogP contribution >= 0.6 is 22.7 Å². The molecule has 1 aliphatic rings. The van der Waals surface area contributed by atoms with Crippen molar-refractivity contribution in [2.75, 3.05) is 5.32 Å². The van der Waals surface area contributed by atoms with Crippen LogP contribution in [0.2, 0.25) is 0 Å². The van der Waals surface area contributed by atoms with Gasteiger partial charge in [0.2, 0.25) is 5.82 Å². The lowest BCUT2D eigenvalue weighted by atomic mass is 10.3. The summed E-state index contributed by atoms with van der Waals surface area (Å²) in [5.41, 5.74) is 1.85. The Kier molecular flexibility index (Phi) is 2.95. The number of thiazole rings is 2. The van der Waals surface area contributed by atoms with E-state index in [0.29, 0.717) is 11.0 Å². The summed E-state index contributed by atoms with van der Waals surface area (Å²) in [5.74, 6) is 0.985. The molecule has 0 spiro atoms. The van der Waals surface area contributed by atoms with Gasteiger partial charge in [-0.3, -0.25) is 10.1 Å². The molecule has 5 rings (SSSR count). The highest BCUT2D eigenvalue weighted by atomic mass is 32.1. The molecule has 120 valence electrons. The standard InChI is InChI=1S/C15H12N6OS2/c1-7-16-8-4-5-9-12(11(8)23-7)24-15(17-9)18-14(22)13-20-19-10-3-2-6-21(10)13/h4-5H,2-3,6H2,1H3,(H,17,18,22). The highest BCUT2D eigenvalue weighted by molar-refractivity contribution is 7.28. The third-order valence-corrected chi connectivity index (χ3v) is 6.19. The summed E-state index contributed by atoms with van der Waals surface area (Å²) in [4.78, 5) is 21.5. The molecule has 0 saturated heterocycles. The SMILES string of the molecule is Cc1nc2ccc3nc(NC(=O)c4nnc5n4CCC5)sc3c2s1. The zero-order chi connectivity index (χ0) is 16.3. The van der Waals surface area contributed by atoms with Crippen molar-refractivity contribution in [3.8, 4) is 0 Å². The lowest BCUT2D eigenvalue weighted by Gasteiger charge is -2.01. The molecule has 0 atom stereocenters. The van der Waals surface area contributed by atoms with Crippen molar-refractivity contribution >= 4 is 54.1 Å². The van der Waals surface area contributed by atoms with Crippen LogP contribution in [-0.2, 0) is 13.0 Å². The van der Waals surface area contributed by atoms with E-state index in [4.69, 9.17) is 0 Å². The van der Waals surface area contributed by atoms with E-state index in [1.54, 1.807) is 11.3 Å². The topological polar surface area (TPSA) is 85.6 Å². The van der Waals surface area contributed by atoms with Crippen LogP contribution in [-0.4, -0.2) is 30.6 Å². The Morgan fingerprint density at radius 2 is 1.96 bits per heavy atom. The van der Waals surface area contributed by atoms with Gasteiger partial charge in [-0.05, 0) is 25.5 Å². The number of carbonyl (C=O) groups excluding carboxylic acids is 1. The van der Waals surface area contributed by atoms with Crippen LogP contribution in [0.3, 0.4) is 0 Å². The Bertz CT molecular complexity index is 1110. The second kappa shape index (κ2) is 5.05. The molecule has 0 bridgehead atoms. The van der Waals surface area contributed by atoms with Gasteiger partial charge in [0.15, 0.2) is 5.13 Å². The third kappa shape index (κ3) is 2.05. The molecule has 4 aromatic rings. The number of carbonyl (C=O) groups is 1. The first-order valence-electron chi connectivity index (χ1n) is 7.59. The number of aryl methyl sites for hydroxylation is 2. The van der Waals surface area contributed by atoms with Crippen molar-refractivity contribution in [3.05, 3.63) is 28.8 Å². The fraction of sp³-hybridized carbons (Fsp3) is 0.267. The van der Waals surface area contributed by atoms with Crippen molar-refractivity contribution in [1.29, 1.82) is 0 Å². The van der Waals surface area contributed by atoms with Crippen molar-refractivity contribution in [1.82, 2.24) is 24.7 Å². The molecule has 1 aromatic carbocycles. The van der Waals surface area contributed by atoms with Crippen molar-refractivity contribution in [3.63, 3.8) is 0 Å². The number of amides is 1. The Labute approximate surface area is 144 Å². The third-order valence-electron chi connectivity index (χ3n) is 4.05. The second-order valence-electron chi connectivity index (χ2n) is 5.66. The van der Waals surface area contributed by atoms with Gasteiger partial charge in [0.1, 0.15) is 5.82 Å². The van der Waals surface area contributed by atoms with E-state index in [1.807, 2.05) is 23.6 Å². The lowest BCUT2D eigenvalue weighted by molar-refractivity contribution is 0.101. The lowest BCUT2D eigenvalue weighted by Crippen LogP contribution is -2.17. The largest absolute Gasteiger partial charge is 0.307 e. The zero-order valence-electron chi connectivity index (χ0n) is 12.7. The molecule has 4 heterocycles. The van der Waals surface area contributed by atoms with Gasteiger partial charge in [-0.25, -0.2) is 9.97 Å². The molecule has 9 heteroatoms. The second-order valence-corrected chi connectivity index (χ2v) is 7.87. The Morgan fingerprint density at radius 1 is 1.17 bits per heavy atom. The molecule has 0 fully saturated rings. The van der Waals surface area contributed by atoms with Crippen LogP contribution in [0.4, 0.5) is 5.13 Å². The van der Waals surface area contributed by atoms with E-state index in [-0.39, 0.29) is 5.91 Å². The maximum absolute atomic E-state index is 12.5. The molecule has 7 nitrogen and oxygen atoms in total. The highest BCUT2D eigenvalue weighted by Crippen LogP contribution is 2.35. The quantitative estimate of drug-likeness (QED) is 0.597. The molecule has 3 aromatic heterocycles. The molecule has 0 saturated carbocycles. The number of hydrogen-bond acceptors (Lipinski definition) is 7. The van der Waals surface area contributed by atoms with Crippen LogP contribution in [0.15, 0.2) is 12.1 Å². The Hall–Kier alpha value is -2.39. The van der Waals surface area contributed by atoms with Crippen LogP contribution < -0.4 is 5.32 Å². The number of hydrogen-bond donors (Lipinski definition) is 1. The molecule has 0 aliphatic carbocycles. The molecule has 1 amide bonds. The first-order chi connectivity index (χ1) is 11.7. The van der Waals surface area contributed by atoms with Gasteiger partial charge in [-0.2, -0.15) is 0 Å². The number of benzene rings is 1. The van der Waals surface area contributed by atoms with Crippen molar-refractivity contribution in [2.45, 2.75) is 26.3 Å². The van der Waals surface area contributed by atoms with Crippen LogP contribution in [0.25, 0.3) is 20.4 Å². The maximum Gasteiger partial charge on any atom is 0.295 e. The molecule has 0 unspecified atom stereocenters. The van der Waals surface area contributed by atoms with Crippen LogP contribution in [0, 0.1) is 6.92 Å². The van der Waals surface area contributed by atoms with E-state index >= 15 is 0 Å². The number of rotatable bonds is 2. The molecule has 1 aliphatic heterocycles. The Morgan fingerprint density at radius 3 is 2.83 bits per heavy atom. The molecular formula is C15H12N6OS2. The molecule has 24 heavy (non-hydrogen) atoms. The number of nitrogens with one attached hydrogen (secondary N) is 1. The average Bonchev–Trinajstić information content (AvgIpc) is 3.27. The Balaban J connectivity index is 1.52. The van der Waals surface area contributed by atoms with E-state index < -0.39 is 0 Å². The first kappa shape index (κ1) is 14.0. The summed E-state index contributed by atoms with van der Waals surface area (Å²) in [7, 11) is 0. The fourth-order valence-electron chi connectivity index (χ4n) is 3.01. The number of aromatic nitrogens is 5. The molecular weight excluding hydrogens is 344 g/mol. The number of nitrogens with zero attached hydrogens (tertiary/aromatic N) is 5. The summed E-state index contributed by atoms with van der Waals surface area (Å²) < 4.78 is 4.05. The summed E-state index contributed by atoms with van der Waals surface area (Å²) in [6, 6.07) is 3.91. The van der Waals surface area contributed by atoms with Crippen LogP contribution in [0.1, 0.15) is 27.9 Å². The summed E-state index contributed by atoms with van der Waals surface area (Å²) in [6.45, 7) is 2.79. The summed E-state index contributed by atoms with van der Waals surface area (Å²) in [5, 5.41) is 12.5. The zero-order valence-corrected chi connectivity index (χ0v) is 14.4. The minimum absolute atomic E-state index is 0.258. The van der Waals surface area contributed by atoms with E-state index in [9.17, 15) is 4.79 Å². The van der Waals surface area contributed by atoms with Crippen LogP contribution in [0.5, 0.6) is 0 Å². The minimum atomic E-state index is -0.258. The average molecular weight is 356 g/mol. The van der Waals surface area contributed by atoms with Gasteiger partial charge in [-0.15, -0.1) is 21.5 Å². The first-order valence-corrected chi connectivity index (χ1v) is 9.22.